The van der Waals surface area contributed by atoms with Gasteiger partial charge in [-0.15, -0.1) is 0 Å². The Bertz CT molecular complexity index is 414. The van der Waals surface area contributed by atoms with Crippen LogP contribution >= 0.6 is 11.8 Å². The number of aromatic nitrogens is 2. The lowest BCUT2D eigenvalue weighted by Gasteiger charge is -2.13. The van der Waals surface area contributed by atoms with E-state index < -0.39 is 12.0 Å². The third-order valence-corrected chi connectivity index (χ3v) is 3.62. The number of anilines is 1. The minimum absolute atomic E-state index is 0.459. The molecule has 1 heterocycles. The first-order chi connectivity index (χ1) is 10.2. The van der Waals surface area contributed by atoms with Crippen molar-refractivity contribution in [3.05, 3.63) is 18.0 Å². The van der Waals surface area contributed by atoms with Crippen LogP contribution < -0.4 is 10.6 Å². The van der Waals surface area contributed by atoms with Crippen molar-refractivity contribution in [2.45, 2.75) is 38.8 Å². The van der Waals surface area contributed by atoms with Crippen LogP contribution in [0.2, 0.25) is 0 Å². The molecule has 6 nitrogen and oxygen atoms in total. The molecule has 0 radical (unpaired) electrons. The molecule has 21 heavy (non-hydrogen) atoms. The summed E-state index contributed by atoms with van der Waals surface area (Å²) in [6, 6.07) is -0.528. The van der Waals surface area contributed by atoms with E-state index in [9.17, 15) is 4.79 Å². The lowest BCUT2D eigenvalue weighted by atomic mass is 10.2. The van der Waals surface area contributed by atoms with Gasteiger partial charge in [0.1, 0.15) is 6.04 Å². The van der Waals surface area contributed by atoms with Crippen molar-refractivity contribution >= 4 is 23.7 Å². The summed E-state index contributed by atoms with van der Waals surface area (Å²) in [4.78, 5) is 19.6. The number of carbonyl (C=O) groups is 1. The number of hydrogen-bond acceptors (Lipinski definition) is 6. The molecule has 3 N–H and O–H groups in total. The average molecular weight is 312 g/mol. The maximum absolute atomic E-state index is 11.1. The molecular formula is C14H24N4O2S. The van der Waals surface area contributed by atoms with E-state index in [1.54, 1.807) is 24.2 Å². The fraction of sp³-hybridized carbons (Fsp3) is 0.643. The van der Waals surface area contributed by atoms with Crippen molar-refractivity contribution in [3.8, 4) is 0 Å². The Morgan fingerprint density at radius 3 is 2.71 bits per heavy atom. The summed E-state index contributed by atoms with van der Waals surface area (Å²) in [5, 5.41) is 15.3. The summed E-state index contributed by atoms with van der Waals surface area (Å²) in [6.45, 7) is 3.46. The highest BCUT2D eigenvalue weighted by atomic mass is 32.2. The van der Waals surface area contributed by atoms with Crippen LogP contribution in [0.1, 0.15) is 31.7 Å². The topological polar surface area (TPSA) is 87.1 Å². The molecule has 1 aromatic rings. The quantitative estimate of drug-likeness (QED) is 0.539. The predicted molar refractivity (Wildman–Crippen MR) is 86.7 cm³/mol. The van der Waals surface area contributed by atoms with Gasteiger partial charge in [0.05, 0.1) is 0 Å². The van der Waals surface area contributed by atoms with Crippen molar-refractivity contribution in [1.82, 2.24) is 15.3 Å². The molecule has 0 fully saturated rings. The van der Waals surface area contributed by atoms with E-state index in [4.69, 9.17) is 5.11 Å². The molecule has 7 heteroatoms. The summed E-state index contributed by atoms with van der Waals surface area (Å²) in [5.41, 5.74) is 0.881. The molecule has 0 saturated carbocycles. The Kier molecular flexibility index (Phi) is 8.77. The minimum atomic E-state index is -0.817. The third kappa shape index (κ3) is 7.29. The lowest BCUT2D eigenvalue weighted by molar-refractivity contribution is -0.139. The van der Waals surface area contributed by atoms with Crippen LogP contribution in [0.3, 0.4) is 0 Å². The molecule has 1 unspecified atom stereocenters. The van der Waals surface area contributed by atoms with Crippen LogP contribution in [0.5, 0.6) is 0 Å². The second-order valence-corrected chi connectivity index (χ2v) is 5.73. The molecular weight excluding hydrogens is 288 g/mol. The number of unbranched alkanes of at least 4 members (excludes halogenated alkanes) is 1. The molecule has 0 aliphatic heterocycles. The van der Waals surface area contributed by atoms with Crippen LogP contribution in [-0.2, 0) is 11.3 Å². The summed E-state index contributed by atoms with van der Waals surface area (Å²) in [6.07, 6.45) is 8.23. The van der Waals surface area contributed by atoms with Crippen molar-refractivity contribution in [3.63, 3.8) is 0 Å². The van der Waals surface area contributed by atoms with Gasteiger partial charge >= 0.3 is 5.97 Å². The molecule has 0 saturated heterocycles. The fourth-order valence-corrected chi connectivity index (χ4v) is 2.18. The summed E-state index contributed by atoms with van der Waals surface area (Å²) >= 11 is 1.64. The van der Waals surface area contributed by atoms with E-state index in [1.807, 2.05) is 6.26 Å². The van der Waals surface area contributed by atoms with Crippen LogP contribution in [0.4, 0.5) is 5.95 Å². The highest BCUT2D eigenvalue weighted by molar-refractivity contribution is 7.98. The van der Waals surface area contributed by atoms with Gasteiger partial charge in [-0.2, -0.15) is 11.8 Å². The highest BCUT2D eigenvalue weighted by Gasteiger charge is 2.15. The largest absolute Gasteiger partial charge is 0.480 e. The third-order valence-electron chi connectivity index (χ3n) is 2.98. The number of nitrogens with zero attached hydrogens (tertiary/aromatic N) is 2. The van der Waals surface area contributed by atoms with Gasteiger partial charge in [0.25, 0.3) is 0 Å². The highest BCUT2D eigenvalue weighted by Crippen LogP contribution is 2.04. The Morgan fingerprint density at radius 1 is 1.43 bits per heavy atom. The first-order valence-corrected chi connectivity index (χ1v) is 8.56. The molecule has 1 rings (SSSR count). The van der Waals surface area contributed by atoms with E-state index in [0.717, 1.165) is 30.7 Å². The van der Waals surface area contributed by atoms with E-state index in [-0.39, 0.29) is 0 Å². The van der Waals surface area contributed by atoms with Gasteiger partial charge in [-0.25, -0.2) is 9.97 Å². The first-order valence-electron chi connectivity index (χ1n) is 7.17. The zero-order valence-corrected chi connectivity index (χ0v) is 13.4. The van der Waals surface area contributed by atoms with Crippen LogP contribution in [0, 0.1) is 0 Å². The van der Waals surface area contributed by atoms with Gasteiger partial charge in [-0.1, -0.05) is 13.3 Å². The Balaban J connectivity index is 2.41. The molecule has 118 valence electrons. The number of carboxylic acids is 1. The molecule has 0 spiro atoms. The van der Waals surface area contributed by atoms with Crippen LogP contribution in [0.25, 0.3) is 0 Å². The number of carboxylic acid groups (broad SMARTS) is 1. The number of rotatable bonds is 11. The van der Waals surface area contributed by atoms with Crippen molar-refractivity contribution in [2.24, 2.45) is 0 Å². The Labute approximate surface area is 130 Å². The van der Waals surface area contributed by atoms with Crippen molar-refractivity contribution in [2.75, 3.05) is 23.9 Å². The van der Waals surface area contributed by atoms with E-state index >= 15 is 0 Å². The number of thioether (sulfide) groups is 1. The van der Waals surface area contributed by atoms with E-state index in [1.165, 1.54) is 0 Å². The van der Waals surface area contributed by atoms with Gasteiger partial charge in [-0.05, 0) is 24.9 Å². The molecule has 0 aromatic carbocycles. The Hall–Kier alpha value is -1.34. The van der Waals surface area contributed by atoms with Crippen molar-refractivity contribution in [1.29, 1.82) is 0 Å². The standard InChI is InChI=1S/C14H24N4O2S/c1-3-4-6-15-14-17-9-11(10-18-14)8-16-12(13(19)20)5-7-21-2/h9-10,12,16H,3-8H2,1-2H3,(H,19,20)(H,15,17,18). The monoisotopic (exact) mass is 312 g/mol. The minimum Gasteiger partial charge on any atom is -0.480 e. The fourth-order valence-electron chi connectivity index (χ4n) is 1.70. The maximum atomic E-state index is 11.1. The molecule has 1 aromatic heterocycles. The number of nitrogens with one attached hydrogen (secondary N) is 2. The van der Waals surface area contributed by atoms with Gasteiger partial charge < -0.3 is 15.7 Å². The normalized spacial score (nSPS) is 12.1. The maximum Gasteiger partial charge on any atom is 0.320 e. The SMILES string of the molecule is CCCCNc1ncc(CNC(CCSC)C(=O)O)cn1. The van der Waals surface area contributed by atoms with Gasteiger partial charge in [0.15, 0.2) is 0 Å². The summed E-state index contributed by atoms with van der Waals surface area (Å²) in [7, 11) is 0. The summed E-state index contributed by atoms with van der Waals surface area (Å²) < 4.78 is 0. The number of aliphatic carboxylic acids is 1. The van der Waals surface area contributed by atoms with Gasteiger partial charge in [-0.3, -0.25) is 4.79 Å². The van der Waals surface area contributed by atoms with Crippen LogP contribution in [-0.4, -0.2) is 45.6 Å². The van der Waals surface area contributed by atoms with Gasteiger partial charge in [0.2, 0.25) is 5.95 Å². The second-order valence-electron chi connectivity index (χ2n) is 4.75. The molecule has 0 aliphatic carbocycles. The zero-order chi connectivity index (χ0) is 15.5. The molecule has 0 bridgehead atoms. The smallest absolute Gasteiger partial charge is 0.320 e. The van der Waals surface area contributed by atoms with Crippen molar-refractivity contribution < 1.29 is 9.90 Å². The zero-order valence-electron chi connectivity index (χ0n) is 12.6. The average Bonchev–Trinajstić information content (AvgIpc) is 2.48. The molecule has 1 atom stereocenters. The second kappa shape index (κ2) is 10.4. The predicted octanol–water partition coefficient (Wildman–Crippen LogP) is 1.98. The van der Waals surface area contributed by atoms with Gasteiger partial charge in [0, 0.05) is 31.0 Å². The number of hydrogen-bond donors (Lipinski definition) is 3. The van der Waals surface area contributed by atoms with E-state index in [0.29, 0.717) is 18.9 Å². The molecule has 0 amide bonds. The first kappa shape index (κ1) is 17.7. The summed E-state index contributed by atoms with van der Waals surface area (Å²) in [5.74, 6) is 0.619. The molecule has 0 aliphatic rings. The van der Waals surface area contributed by atoms with Crippen LogP contribution in [0.15, 0.2) is 12.4 Å². The van der Waals surface area contributed by atoms with E-state index in [2.05, 4.69) is 27.5 Å². The Morgan fingerprint density at radius 2 is 2.14 bits per heavy atom. The lowest BCUT2D eigenvalue weighted by Crippen LogP contribution is -2.36.